The number of hydrogen-bond acceptors (Lipinski definition) is 11. The second-order valence-corrected chi connectivity index (χ2v) is 18.6. The van der Waals surface area contributed by atoms with Gasteiger partial charge < -0.3 is 19.7 Å². The molecular formula is C35H28N4Na2O11S4. The van der Waals surface area contributed by atoms with Crippen LogP contribution >= 0.6 is 0 Å². The Balaban J connectivity index is 0.00000348. The van der Waals surface area contributed by atoms with Crippen LogP contribution in [0.15, 0.2) is 141 Å². The van der Waals surface area contributed by atoms with Crippen molar-refractivity contribution in [3.63, 3.8) is 0 Å². The Kier molecular flexibility index (Phi) is 13.8. The number of rotatable bonds is 10. The summed E-state index contributed by atoms with van der Waals surface area (Å²) < 4.78 is 124. The molecule has 0 bridgehead atoms. The van der Waals surface area contributed by atoms with Gasteiger partial charge in [-0.1, -0.05) is 36.4 Å². The molecule has 6 aromatic carbocycles. The number of anilines is 4. The van der Waals surface area contributed by atoms with Crippen LogP contribution in [0.2, 0.25) is 0 Å². The summed E-state index contributed by atoms with van der Waals surface area (Å²) >= 11 is 0. The van der Waals surface area contributed by atoms with Crippen molar-refractivity contribution in [3.8, 4) is 0 Å². The summed E-state index contributed by atoms with van der Waals surface area (Å²) in [5.41, 5.74) is 0.532. The molecular weight excluding hydrogens is 827 g/mol. The molecule has 0 aliphatic heterocycles. The van der Waals surface area contributed by atoms with E-state index in [9.17, 15) is 47.6 Å². The zero-order valence-corrected chi connectivity index (χ0v) is 37.3. The first-order valence-electron chi connectivity index (χ1n) is 15.5. The number of benzene rings is 6. The molecule has 0 spiro atoms. The van der Waals surface area contributed by atoms with Gasteiger partial charge in [-0.3, -0.25) is 8.61 Å². The van der Waals surface area contributed by atoms with Gasteiger partial charge in [-0.25, -0.2) is 38.5 Å². The molecule has 0 aliphatic carbocycles. The van der Waals surface area contributed by atoms with Crippen LogP contribution in [0.3, 0.4) is 0 Å². The number of urea groups is 1. The third kappa shape index (κ3) is 9.75. The van der Waals surface area contributed by atoms with Crippen molar-refractivity contribution in [2.75, 3.05) is 33.3 Å². The number of sulfonamides is 2. The van der Waals surface area contributed by atoms with Crippen molar-refractivity contribution in [2.24, 2.45) is 0 Å². The van der Waals surface area contributed by atoms with Crippen LogP contribution in [-0.4, -0.2) is 62.9 Å². The van der Waals surface area contributed by atoms with Crippen LogP contribution < -0.4 is 78.4 Å². The first-order valence-corrected chi connectivity index (χ1v) is 21.2. The average molecular weight is 855 g/mol. The van der Waals surface area contributed by atoms with Crippen molar-refractivity contribution in [2.45, 2.75) is 19.6 Å². The Bertz CT molecular complexity index is 2750. The molecule has 0 aromatic heterocycles. The Hall–Kier alpha value is -3.57. The molecule has 280 valence electrons. The Morgan fingerprint density at radius 3 is 1.18 bits per heavy atom. The van der Waals surface area contributed by atoms with Gasteiger partial charge in [0.15, 0.2) is 0 Å². The molecule has 0 unspecified atom stereocenters. The summed E-state index contributed by atoms with van der Waals surface area (Å²) in [6.45, 7) is 0. The standard InChI is InChI=1S/C35H30N4O11S4.2Na/c1-38(29-5-3-7-33(21-29)53(45,46)47)51(41,42)31-15-11-23-9-13-27(17-25(23)19-31)36-35(40)37-28-14-10-24-12-16-32(20-26(24)18-28)52(43,44)39(2)30-6-4-8-34(22-30)54(48,49)50;;/h3-22H,1-2H3,(H2,36,37,40)(H,45,46,47)(H,48,49,50);;/q;2*+1/p-2. The number of hydrogen-bond donors (Lipinski definition) is 2. The van der Waals surface area contributed by atoms with Crippen molar-refractivity contribution < 1.29 is 107 Å². The van der Waals surface area contributed by atoms with Gasteiger partial charge >= 0.3 is 65.1 Å². The summed E-state index contributed by atoms with van der Waals surface area (Å²) in [5.74, 6) is 0. The predicted molar refractivity (Wildman–Crippen MR) is 201 cm³/mol. The molecule has 0 atom stereocenters. The van der Waals surface area contributed by atoms with Crippen LogP contribution in [0.25, 0.3) is 21.5 Å². The maximum Gasteiger partial charge on any atom is 1.00 e. The van der Waals surface area contributed by atoms with Gasteiger partial charge in [0.25, 0.3) is 20.0 Å². The third-order valence-electron chi connectivity index (χ3n) is 8.40. The normalized spacial score (nSPS) is 11.9. The molecule has 0 fully saturated rings. The number of amides is 2. The number of fused-ring (bicyclic) bond motifs is 2. The van der Waals surface area contributed by atoms with Crippen molar-refractivity contribution in [1.82, 2.24) is 0 Å². The zero-order valence-electron chi connectivity index (χ0n) is 30.1. The molecule has 2 N–H and O–H groups in total. The van der Waals surface area contributed by atoms with E-state index in [0.29, 0.717) is 32.9 Å². The maximum absolute atomic E-state index is 13.5. The van der Waals surface area contributed by atoms with Gasteiger partial charge in [-0.2, -0.15) is 0 Å². The van der Waals surface area contributed by atoms with E-state index in [-0.39, 0.29) is 80.3 Å². The van der Waals surface area contributed by atoms with E-state index in [0.717, 1.165) is 32.9 Å². The van der Waals surface area contributed by atoms with Gasteiger partial charge in [0.2, 0.25) is 0 Å². The number of nitrogens with one attached hydrogen (secondary N) is 2. The minimum Gasteiger partial charge on any atom is -0.744 e. The molecule has 0 aliphatic rings. The van der Waals surface area contributed by atoms with Gasteiger partial charge in [0.1, 0.15) is 20.2 Å². The Morgan fingerprint density at radius 2 is 0.821 bits per heavy atom. The monoisotopic (exact) mass is 854 g/mol. The largest absolute Gasteiger partial charge is 1.00 e. The van der Waals surface area contributed by atoms with Crippen LogP contribution in [0, 0.1) is 0 Å². The minimum atomic E-state index is -4.82. The van der Waals surface area contributed by atoms with E-state index >= 15 is 0 Å². The van der Waals surface area contributed by atoms with Crippen LogP contribution in [0.4, 0.5) is 27.5 Å². The minimum absolute atomic E-state index is 0. The molecule has 0 saturated carbocycles. The van der Waals surface area contributed by atoms with Gasteiger partial charge in [0.05, 0.1) is 31.0 Å². The smallest absolute Gasteiger partial charge is 0.744 e. The maximum atomic E-state index is 13.5. The molecule has 0 radical (unpaired) electrons. The van der Waals surface area contributed by atoms with Crippen molar-refractivity contribution in [1.29, 1.82) is 0 Å². The van der Waals surface area contributed by atoms with E-state index in [2.05, 4.69) is 10.6 Å². The SMILES string of the molecule is CN(c1cccc(S(=O)(=O)[O-])c1)S(=O)(=O)c1ccc2ccc(NC(=O)Nc3ccc4ccc(S(=O)(=O)N(C)c5cccc(S(=O)(=O)[O-])c5)cc4c3)cc2c1.[Na+].[Na+]. The quantitative estimate of drug-likeness (QED) is 0.127. The third-order valence-corrected chi connectivity index (χ3v) is 13.6. The van der Waals surface area contributed by atoms with Gasteiger partial charge in [-0.05, 0) is 106 Å². The molecule has 21 heteroatoms. The zero-order chi connectivity index (χ0) is 39.2. The summed E-state index contributed by atoms with van der Waals surface area (Å²) in [7, 11) is -15.6. The molecule has 15 nitrogen and oxygen atoms in total. The molecule has 0 saturated heterocycles. The van der Waals surface area contributed by atoms with E-state index in [1.54, 1.807) is 48.5 Å². The van der Waals surface area contributed by atoms with Crippen LogP contribution in [0.1, 0.15) is 0 Å². The predicted octanol–water partition coefficient (Wildman–Crippen LogP) is -0.897. The summed E-state index contributed by atoms with van der Waals surface area (Å²) in [6, 6.07) is 26.9. The summed E-state index contributed by atoms with van der Waals surface area (Å²) in [5, 5.41) is 7.55. The fourth-order valence-electron chi connectivity index (χ4n) is 5.48. The first-order chi connectivity index (χ1) is 25.2. The molecule has 56 heavy (non-hydrogen) atoms. The summed E-state index contributed by atoms with van der Waals surface area (Å²) in [4.78, 5) is 11.6. The van der Waals surface area contributed by atoms with E-state index < -0.39 is 56.1 Å². The molecule has 2 amide bonds. The van der Waals surface area contributed by atoms with Crippen molar-refractivity contribution in [3.05, 3.63) is 121 Å². The average Bonchev–Trinajstić information content (AvgIpc) is 3.12. The second kappa shape index (κ2) is 17.1. The Labute approximate surface area is 367 Å². The molecule has 6 rings (SSSR count). The molecule has 6 aromatic rings. The van der Waals surface area contributed by atoms with E-state index in [1.165, 1.54) is 62.6 Å². The van der Waals surface area contributed by atoms with Gasteiger partial charge in [-0.15, -0.1) is 0 Å². The second-order valence-electron chi connectivity index (χ2n) is 11.9. The topological polar surface area (TPSA) is 230 Å². The van der Waals surface area contributed by atoms with Crippen molar-refractivity contribution >= 4 is 90.6 Å². The fourth-order valence-corrected chi connectivity index (χ4v) is 8.95. The number of nitrogens with zero attached hydrogens (tertiary/aromatic N) is 2. The number of carbonyl (C=O) groups is 1. The summed E-state index contributed by atoms with van der Waals surface area (Å²) in [6.07, 6.45) is 0. The van der Waals surface area contributed by atoms with Gasteiger partial charge in [0, 0.05) is 25.5 Å². The van der Waals surface area contributed by atoms with E-state index in [4.69, 9.17) is 0 Å². The first kappa shape index (κ1) is 45.1. The number of carbonyl (C=O) groups excluding carboxylic acids is 1. The Morgan fingerprint density at radius 1 is 0.464 bits per heavy atom. The molecule has 0 heterocycles. The van der Waals surface area contributed by atoms with Crippen LogP contribution in [0.5, 0.6) is 0 Å². The van der Waals surface area contributed by atoms with Crippen LogP contribution in [-0.2, 0) is 40.3 Å². The van der Waals surface area contributed by atoms with E-state index in [1.807, 2.05) is 0 Å². The fraction of sp³-hybridized carbons (Fsp3) is 0.0571.